The Morgan fingerprint density at radius 3 is 1.07 bits per heavy atom. The average Bonchev–Trinajstić information content (AvgIpc) is 3.32. The highest BCUT2D eigenvalue weighted by molar-refractivity contribution is 5.67. The van der Waals surface area contributed by atoms with Gasteiger partial charge in [-0.25, -0.2) is 4.89 Å². The van der Waals surface area contributed by atoms with Crippen LogP contribution in [0.25, 0.3) is 0 Å². The molecule has 0 aromatic heterocycles. The molecule has 70 heavy (non-hydrogen) atoms. The molecule has 0 amide bonds. The van der Waals surface area contributed by atoms with E-state index in [4.69, 9.17) is 20.6 Å². The summed E-state index contributed by atoms with van der Waals surface area (Å²) in [5, 5.41) is 44.1. The molecule has 0 spiro atoms. The lowest BCUT2D eigenvalue weighted by Gasteiger charge is -2.07. The van der Waals surface area contributed by atoms with Gasteiger partial charge in [0.25, 0.3) is 0 Å². The van der Waals surface area contributed by atoms with Crippen molar-refractivity contribution in [1.82, 2.24) is 0 Å². The Morgan fingerprint density at radius 2 is 0.700 bits per heavy atom. The van der Waals surface area contributed by atoms with Crippen molar-refractivity contribution in [3.05, 3.63) is 109 Å². The summed E-state index contributed by atoms with van der Waals surface area (Å²) in [7, 11) is 0. The molecule has 0 aliphatic rings. The van der Waals surface area contributed by atoms with Crippen molar-refractivity contribution in [2.45, 2.75) is 259 Å². The van der Waals surface area contributed by atoms with Crippen LogP contribution in [0.5, 0.6) is 0 Å². The Kier molecular flexibility index (Phi) is 67.3. The summed E-state index contributed by atoms with van der Waals surface area (Å²) in [6, 6.07) is 0. The molecular formula is C61H106O9. The molecule has 0 unspecified atom stereocenters. The zero-order valence-electron chi connectivity index (χ0n) is 44.0. The van der Waals surface area contributed by atoms with Gasteiger partial charge in [0.05, 0.1) is 6.10 Å². The van der Waals surface area contributed by atoms with Gasteiger partial charge in [0.15, 0.2) is 0 Å². The number of hydrogen-bond donors (Lipinski definition) is 5. The highest BCUT2D eigenvalue weighted by Gasteiger charge is 2.03. The molecule has 0 aromatic rings. The molecule has 0 aliphatic carbocycles. The molecule has 0 saturated heterocycles. The van der Waals surface area contributed by atoms with Gasteiger partial charge >= 0.3 is 17.9 Å². The second-order valence-electron chi connectivity index (χ2n) is 17.7. The largest absolute Gasteiger partial charge is 0.481 e. The van der Waals surface area contributed by atoms with E-state index in [0.717, 1.165) is 154 Å². The van der Waals surface area contributed by atoms with Gasteiger partial charge in [0.1, 0.15) is 6.10 Å². The summed E-state index contributed by atoms with van der Waals surface area (Å²) in [5.74, 6) is -2.07. The van der Waals surface area contributed by atoms with Crippen molar-refractivity contribution in [2.24, 2.45) is 0 Å². The Labute approximate surface area is 429 Å². The number of aliphatic hydroxyl groups is 1. The van der Waals surface area contributed by atoms with E-state index in [1.165, 1.54) is 44.9 Å². The minimum atomic E-state index is -0.700. The molecule has 0 rings (SSSR count). The molecule has 0 fully saturated rings. The number of allylic oxidation sites excluding steroid dienone is 16. The third-order valence-corrected chi connectivity index (χ3v) is 10.9. The fourth-order valence-electron chi connectivity index (χ4n) is 6.73. The van der Waals surface area contributed by atoms with Crippen molar-refractivity contribution < 1.29 is 45.0 Å². The van der Waals surface area contributed by atoms with E-state index in [0.29, 0.717) is 12.8 Å². The molecule has 9 heteroatoms. The molecule has 0 bridgehead atoms. The number of unbranched alkanes of at least 4 members (excludes halogenated alkanes) is 19. The second kappa shape index (κ2) is 65.0. The molecule has 404 valence electrons. The molecule has 0 aromatic carbocycles. The molecule has 0 saturated carbocycles. The third-order valence-electron chi connectivity index (χ3n) is 10.9. The first kappa shape index (κ1) is 72.5. The first-order valence-electron chi connectivity index (χ1n) is 27.2. The van der Waals surface area contributed by atoms with E-state index >= 15 is 0 Å². The fraction of sp³-hybridized carbons (Fsp3) is 0.656. The second-order valence-corrected chi connectivity index (χ2v) is 17.7. The van der Waals surface area contributed by atoms with Crippen LogP contribution in [0.1, 0.15) is 247 Å². The Bertz CT molecular complexity index is 1380. The van der Waals surface area contributed by atoms with E-state index in [-0.39, 0.29) is 26.1 Å². The molecule has 5 N–H and O–H groups in total. The maximum atomic E-state index is 10.4. The minimum absolute atomic E-state index is 0. The van der Waals surface area contributed by atoms with Crippen LogP contribution < -0.4 is 0 Å². The number of carboxylic acid groups (broad SMARTS) is 3. The van der Waals surface area contributed by atoms with Gasteiger partial charge in [0.2, 0.25) is 0 Å². The number of carbonyl (C=O) groups is 3. The lowest BCUT2D eigenvalue weighted by Crippen LogP contribution is -2.06. The van der Waals surface area contributed by atoms with Crippen LogP contribution in [0.3, 0.4) is 0 Å². The van der Waals surface area contributed by atoms with Crippen LogP contribution in [0, 0.1) is 0 Å². The number of aliphatic carboxylic acids is 3. The number of rotatable bonds is 46. The van der Waals surface area contributed by atoms with E-state index in [1.807, 2.05) is 36.5 Å². The van der Waals surface area contributed by atoms with Crippen LogP contribution in [0.2, 0.25) is 0 Å². The van der Waals surface area contributed by atoms with Gasteiger partial charge in [0, 0.05) is 19.3 Å². The lowest BCUT2D eigenvalue weighted by molar-refractivity contribution is -0.267. The smallest absolute Gasteiger partial charge is 0.303 e. The van der Waals surface area contributed by atoms with Crippen LogP contribution in [0.4, 0.5) is 0 Å². The zero-order chi connectivity index (χ0) is 51.4. The van der Waals surface area contributed by atoms with Crippen molar-refractivity contribution in [2.75, 3.05) is 0 Å². The van der Waals surface area contributed by atoms with E-state index in [9.17, 15) is 19.5 Å². The molecular weight excluding hydrogens is 877 g/mol. The molecule has 2 atom stereocenters. The van der Waals surface area contributed by atoms with Crippen molar-refractivity contribution in [3.63, 3.8) is 0 Å². The monoisotopic (exact) mass is 983 g/mol. The summed E-state index contributed by atoms with van der Waals surface area (Å²) in [5.41, 5.74) is 0. The summed E-state index contributed by atoms with van der Waals surface area (Å²) in [6.45, 7) is 6.55. The van der Waals surface area contributed by atoms with E-state index in [2.05, 4.69) is 98.6 Å². The van der Waals surface area contributed by atoms with Crippen LogP contribution in [0.15, 0.2) is 109 Å². The quantitative estimate of drug-likeness (QED) is 0.0131. The molecule has 0 aliphatic heterocycles. The Hall–Kier alpha value is -4.05. The highest BCUT2D eigenvalue weighted by atomic mass is 17.1. The summed E-state index contributed by atoms with van der Waals surface area (Å²) >= 11 is 0. The standard InChI is InChI=1S/C20H34O4.C20H34O3.C20H34O2.CH4/c1-2-3-13-16-19(24-23)17-14-11-9-7-5-4-6-8-10-12-15-18-20(21)22;1-2-3-13-16-19(21)17-14-11-9-7-5-4-6-8-10-12-15-18-20(22)23;1-2-3-4-5-6-7-8-9-10-11-12-13-14-15-16-17-18-19-20(21)22;/h4-5,9,11,14,17,19,23H,2-3,6-8,10,12-13,15-16,18H2,1H3,(H,21,22);4-5,9,11,14,17,19,21H,2-3,6-8,10,12-13,15-16,18H2,1H3,(H,22,23);6-7,9-10,12-13H,2-5,8,11,14-19H2,1H3,(H,21,22);1H4/b2*5-4-,11-9-,17-14+;7-6-,10-9-,13-12-;/t2*19-;;/m00../s1. The number of aliphatic hydroxyl groups excluding tert-OH is 1. The van der Waals surface area contributed by atoms with Gasteiger partial charge in [-0.1, -0.05) is 227 Å². The number of hydrogen-bond acceptors (Lipinski definition) is 6. The normalized spacial score (nSPS) is 12.8. The van der Waals surface area contributed by atoms with Crippen LogP contribution >= 0.6 is 0 Å². The first-order valence-corrected chi connectivity index (χ1v) is 27.2. The van der Waals surface area contributed by atoms with Crippen LogP contribution in [-0.4, -0.2) is 55.8 Å². The third kappa shape index (κ3) is 72.9. The van der Waals surface area contributed by atoms with Gasteiger partial charge in [-0.3, -0.25) is 19.6 Å². The molecule has 0 radical (unpaired) electrons. The summed E-state index contributed by atoms with van der Waals surface area (Å²) < 4.78 is 0. The van der Waals surface area contributed by atoms with Crippen molar-refractivity contribution >= 4 is 17.9 Å². The average molecular weight is 984 g/mol. The van der Waals surface area contributed by atoms with E-state index < -0.39 is 17.9 Å². The van der Waals surface area contributed by atoms with Gasteiger partial charge in [-0.05, 0) is 109 Å². The topological polar surface area (TPSA) is 162 Å². The highest BCUT2D eigenvalue weighted by Crippen LogP contribution is 2.10. The van der Waals surface area contributed by atoms with E-state index in [1.54, 1.807) is 0 Å². The molecule has 9 nitrogen and oxygen atoms in total. The maximum Gasteiger partial charge on any atom is 0.303 e. The predicted octanol–water partition coefficient (Wildman–Crippen LogP) is 18.4. The number of carboxylic acids is 3. The van der Waals surface area contributed by atoms with Gasteiger partial charge < -0.3 is 20.4 Å². The fourth-order valence-corrected chi connectivity index (χ4v) is 6.73. The maximum absolute atomic E-state index is 10.4. The van der Waals surface area contributed by atoms with Gasteiger partial charge in [-0.2, -0.15) is 0 Å². The van der Waals surface area contributed by atoms with Crippen molar-refractivity contribution in [3.8, 4) is 0 Å². The van der Waals surface area contributed by atoms with Gasteiger partial charge in [-0.15, -0.1) is 0 Å². The SMILES string of the molecule is C.CCCCC/C=C\C/C=C\C/C=C\CCCCCCC(=O)O.CCCCC[C@@H](/C=C/C=C\C/C=C\CCCCCCC(=O)O)OO.CCCCC[C@H](O)/C=C/C=C\C/C=C\CCCCCCC(=O)O. The lowest BCUT2D eigenvalue weighted by atomic mass is 10.1. The summed E-state index contributed by atoms with van der Waals surface area (Å²) in [6.07, 6.45) is 71.1. The van der Waals surface area contributed by atoms with Crippen molar-refractivity contribution in [1.29, 1.82) is 0 Å². The summed E-state index contributed by atoms with van der Waals surface area (Å²) in [4.78, 5) is 35.5. The Balaban J connectivity index is -0.000000464. The first-order chi connectivity index (χ1) is 33.6. The Morgan fingerprint density at radius 1 is 0.386 bits per heavy atom. The zero-order valence-corrected chi connectivity index (χ0v) is 44.0. The minimum Gasteiger partial charge on any atom is -0.481 e. The predicted molar refractivity (Wildman–Crippen MR) is 299 cm³/mol. The van der Waals surface area contributed by atoms with Crippen LogP contribution in [-0.2, 0) is 19.3 Å². The molecule has 0 heterocycles.